The van der Waals surface area contributed by atoms with Crippen molar-refractivity contribution in [1.82, 2.24) is 0 Å². The Labute approximate surface area is 77.5 Å². The molecule has 0 radical (unpaired) electrons. The van der Waals surface area contributed by atoms with Gasteiger partial charge in [0.2, 0.25) is 6.29 Å². The van der Waals surface area contributed by atoms with E-state index in [-0.39, 0.29) is 6.29 Å². The highest BCUT2D eigenvalue weighted by molar-refractivity contribution is 5.35. The Kier molecular flexibility index (Phi) is 1.56. The number of fused-ring (bicyclic) bond motifs is 2. The molecule has 2 heterocycles. The lowest BCUT2D eigenvalue weighted by molar-refractivity contribution is -0.0698. The van der Waals surface area contributed by atoms with Gasteiger partial charge in [0, 0.05) is 5.92 Å². The number of hydrogen-bond donors (Lipinski definition) is 0. The fourth-order valence-electron chi connectivity index (χ4n) is 2.13. The predicted octanol–water partition coefficient (Wildman–Crippen LogP) is 1.98. The third kappa shape index (κ3) is 1.13. The molecule has 13 heavy (non-hydrogen) atoms. The van der Waals surface area contributed by atoms with Crippen LogP contribution in [0.1, 0.15) is 12.0 Å². The summed E-state index contributed by atoms with van der Waals surface area (Å²) in [6.07, 6.45) is 2.27. The Bertz CT molecular complexity index is 291. The minimum atomic E-state index is 0.0231. The molecule has 2 atom stereocenters. The van der Waals surface area contributed by atoms with Crippen molar-refractivity contribution in [3.05, 3.63) is 29.8 Å². The summed E-state index contributed by atoms with van der Waals surface area (Å²) in [5.74, 6) is 1.58. The standard InChI is InChI=1S/C11H12O2/c1-2-4-10-8(3-1)7-9-5-6-12-11(9)13-10/h1-4,9,11H,5-7H2/t9-,11-/m0/s1. The van der Waals surface area contributed by atoms with Crippen LogP contribution >= 0.6 is 0 Å². The third-order valence-electron chi connectivity index (χ3n) is 2.85. The van der Waals surface area contributed by atoms with Crippen molar-refractivity contribution in [3.8, 4) is 5.75 Å². The largest absolute Gasteiger partial charge is 0.464 e. The lowest BCUT2D eigenvalue weighted by Crippen LogP contribution is -2.29. The van der Waals surface area contributed by atoms with Crippen molar-refractivity contribution in [3.63, 3.8) is 0 Å². The van der Waals surface area contributed by atoms with E-state index in [1.165, 1.54) is 5.56 Å². The molecule has 2 aliphatic heterocycles. The van der Waals surface area contributed by atoms with E-state index >= 15 is 0 Å². The Morgan fingerprint density at radius 1 is 1.23 bits per heavy atom. The van der Waals surface area contributed by atoms with E-state index in [1.807, 2.05) is 12.1 Å². The maximum atomic E-state index is 5.73. The van der Waals surface area contributed by atoms with Gasteiger partial charge in [-0.3, -0.25) is 0 Å². The molecular formula is C11H12O2. The van der Waals surface area contributed by atoms with Crippen LogP contribution in [-0.2, 0) is 11.2 Å². The summed E-state index contributed by atoms with van der Waals surface area (Å²) in [5.41, 5.74) is 1.33. The molecule has 2 nitrogen and oxygen atoms in total. The van der Waals surface area contributed by atoms with Gasteiger partial charge in [-0.05, 0) is 24.5 Å². The van der Waals surface area contributed by atoms with Crippen LogP contribution in [0.4, 0.5) is 0 Å². The van der Waals surface area contributed by atoms with Gasteiger partial charge < -0.3 is 9.47 Å². The molecule has 0 N–H and O–H groups in total. The molecule has 0 amide bonds. The summed E-state index contributed by atoms with van der Waals surface area (Å²) in [6, 6.07) is 8.24. The van der Waals surface area contributed by atoms with E-state index in [0.717, 1.165) is 25.2 Å². The molecule has 0 aliphatic carbocycles. The molecule has 2 aliphatic rings. The highest BCUT2D eigenvalue weighted by Gasteiger charge is 2.34. The van der Waals surface area contributed by atoms with E-state index in [2.05, 4.69) is 12.1 Å². The number of hydrogen-bond acceptors (Lipinski definition) is 2. The maximum Gasteiger partial charge on any atom is 0.203 e. The van der Waals surface area contributed by atoms with Crippen LogP contribution in [-0.4, -0.2) is 12.9 Å². The second-order valence-corrected chi connectivity index (χ2v) is 3.72. The molecule has 0 saturated carbocycles. The highest BCUT2D eigenvalue weighted by atomic mass is 16.7. The summed E-state index contributed by atoms with van der Waals surface area (Å²) in [6.45, 7) is 0.851. The van der Waals surface area contributed by atoms with Crippen molar-refractivity contribution in [2.45, 2.75) is 19.1 Å². The minimum Gasteiger partial charge on any atom is -0.464 e. The van der Waals surface area contributed by atoms with Crippen molar-refractivity contribution in [2.75, 3.05) is 6.61 Å². The molecule has 0 unspecified atom stereocenters. The first-order valence-electron chi connectivity index (χ1n) is 4.79. The van der Waals surface area contributed by atoms with Gasteiger partial charge in [-0.2, -0.15) is 0 Å². The van der Waals surface area contributed by atoms with Crippen molar-refractivity contribution >= 4 is 0 Å². The molecule has 68 valence electrons. The molecule has 0 bridgehead atoms. The Balaban J connectivity index is 1.97. The van der Waals surface area contributed by atoms with Gasteiger partial charge in [-0.1, -0.05) is 18.2 Å². The minimum absolute atomic E-state index is 0.0231. The van der Waals surface area contributed by atoms with Gasteiger partial charge in [0.15, 0.2) is 0 Å². The molecule has 1 aromatic rings. The topological polar surface area (TPSA) is 18.5 Å². The highest BCUT2D eigenvalue weighted by Crippen LogP contribution is 2.35. The Morgan fingerprint density at radius 2 is 2.15 bits per heavy atom. The monoisotopic (exact) mass is 176 g/mol. The number of para-hydroxylation sites is 1. The summed E-state index contributed by atoms with van der Waals surface area (Å²) in [5, 5.41) is 0. The number of ether oxygens (including phenoxy) is 2. The fourth-order valence-corrected chi connectivity index (χ4v) is 2.13. The van der Waals surface area contributed by atoms with E-state index in [1.54, 1.807) is 0 Å². The second kappa shape index (κ2) is 2.74. The van der Waals surface area contributed by atoms with Gasteiger partial charge >= 0.3 is 0 Å². The molecule has 0 aromatic heterocycles. The van der Waals surface area contributed by atoms with Crippen LogP contribution < -0.4 is 4.74 Å². The second-order valence-electron chi connectivity index (χ2n) is 3.72. The molecular weight excluding hydrogens is 164 g/mol. The maximum absolute atomic E-state index is 5.73. The van der Waals surface area contributed by atoms with Gasteiger partial charge in [-0.25, -0.2) is 0 Å². The van der Waals surface area contributed by atoms with E-state index < -0.39 is 0 Å². The van der Waals surface area contributed by atoms with E-state index in [0.29, 0.717) is 5.92 Å². The van der Waals surface area contributed by atoms with Crippen LogP contribution in [0.15, 0.2) is 24.3 Å². The molecule has 1 fully saturated rings. The van der Waals surface area contributed by atoms with Crippen molar-refractivity contribution in [1.29, 1.82) is 0 Å². The average molecular weight is 176 g/mol. The molecule has 1 aromatic carbocycles. The van der Waals surface area contributed by atoms with Gasteiger partial charge in [0.25, 0.3) is 0 Å². The first-order valence-corrected chi connectivity index (χ1v) is 4.79. The van der Waals surface area contributed by atoms with Gasteiger partial charge in [-0.15, -0.1) is 0 Å². The van der Waals surface area contributed by atoms with E-state index in [4.69, 9.17) is 9.47 Å². The Hall–Kier alpha value is -1.02. The van der Waals surface area contributed by atoms with Gasteiger partial charge in [0.1, 0.15) is 5.75 Å². The van der Waals surface area contributed by atoms with Crippen LogP contribution in [0.5, 0.6) is 5.75 Å². The third-order valence-corrected chi connectivity index (χ3v) is 2.85. The Morgan fingerprint density at radius 3 is 3.15 bits per heavy atom. The zero-order valence-electron chi connectivity index (χ0n) is 7.40. The van der Waals surface area contributed by atoms with Crippen LogP contribution in [0, 0.1) is 5.92 Å². The predicted molar refractivity (Wildman–Crippen MR) is 48.6 cm³/mol. The smallest absolute Gasteiger partial charge is 0.203 e. The SMILES string of the molecule is c1ccc2c(c1)C[C@@H]1CCO[C@H]1O2. The van der Waals surface area contributed by atoms with Crippen molar-refractivity contribution < 1.29 is 9.47 Å². The first-order chi connectivity index (χ1) is 6.43. The zero-order valence-corrected chi connectivity index (χ0v) is 7.40. The molecule has 3 rings (SSSR count). The quantitative estimate of drug-likeness (QED) is 0.601. The van der Waals surface area contributed by atoms with Crippen LogP contribution in [0.2, 0.25) is 0 Å². The number of benzene rings is 1. The summed E-state index contributed by atoms with van der Waals surface area (Å²) < 4.78 is 11.2. The lowest BCUT2D eigenvalue weighted by atomic mass is 9.94. The molecule has 0 spiro atoms. The van der Waals surface area contributed by atoms with Gasteiger partial charge in [0.05, 0.1) is 6.61 Å². The summed E-state index contributed by atoms with van der Waals surface area (Å²) in [7, 11) is 0. The first kappa shape index (κ1) is 7.39. The molecule has 1 saturated heterocycles. The van der Waals surface area contributed by atoms with Crippen molar-refractivity contribution in [2.24, 2.45) is 5.92 Å². The fraction of sp³-hybridized carbons (Fsp3) is 0.455. The van der Waals surface area contributed by atoms with E-state index in [9.17, 15) is 0 Å². The summed E-state index contributed by atoms with van der Waals surface area (Å²) in [4.78, 5) is 0. The lowest BCUT2D eigenvalue weighted by Gasteiger charge is -2.27. The molecule has 2 heteroatoms. The number of rotatable bonds is 0. The summed E-state index contributed by atoms with van der Waals surface area (Å²) >= 11 is 0. The zero-order chi connectivity index (χ0) is 8.67. The normalized spacial score (nSPS) is 30.5. The van der Waals surface area contributed by atoms with Crippen LogP contribution in [0.25, 0.3) is 0 Å². The van der Waals surface area contributed by atoms with Crippen LogP contribution in [0.3, 0.4) is 0 Å². The average Bonchev–Trinajstić information content (AvgIpc) is 2.61.